The molecule has 6 heteroatoms. The van der Waals surface area contributed by atoms with Gasteiger partial charge in [-0.1, -0.05) is 32.4 Å². The molecule has 1 heterocycles. The van der Waals surface area contributed by atoms with Crippen LogP contribution in [0.25, 0.3) is 0 Å². The monoisotopic (exact) mass is 420 g/mol. The molecule has 0 amide bonds. The quantitative estimate of drug-likeness (QED) is 0.239. The van der Waals surface area contributed by atoms with Gasteiger partial charge >= 0.3 is 5.97 Å². The first kappa shape index (κ1) is 23.5. The highest BCUT2D eigenvalue weighted by Crippen LogP contribution is 2.38. The molecule has 0 aliphatic carbocycles. The number of benzene rings is 1. The molecule has 1 aromatic carbocycles. The van der Waals surface area contributed by atoms with E-state index < -0.39 is 14.1 Å². The number of esters is 1. The van der Waals surface area contributed by atoms with Gasteiger partial charge in [-0.05, 0) is 50.0 Å². The van der Waals surface area contributed by atoms with Crippen molar-refractivity contribution in [2.75, 3.05) is 13.2 Å². The Bertz CT molecular complexity index is 783. The third kappa shape index (κ3) is 6.09. The average Bonchev–Trinajstić information content (AvgIpc) is 2.53. The van der Waals surface area contributed by atoms with E-state index in [4.69, 9.17) is 18.6 Å². The van der Waals surface area contributed by atoms with Crippen LogP contribution in [0.15, 0.2) is 23.8 Å². The topological polar surface area (TPSA) is 54.0 Å². The molecule has 0 fully saturated rings. The van der Waals surface area contributed by atoms with Gasteiger partial charge in [0.1, 0.15) is 23.7 Å². The molecule has 162 valence electrons. The first-order chi connectivity index (χ1) is 13.2. The van der Waals surface area contributed by atoms with Crippen molar-refractivity contribution in [1.29, 1.82) is 0 Å². The zero-order chi connectivity index (χ0) is 22.0. The number of carbonyl (C=O) groups is 1. The van der Waals surface area contributed by atoms with E-state index >= 15 is 0 Å². The van der Waals surface area contributed by atoms with E-state index in [0.29, 0.717) is 36.7 Å². The van der Waals surface area contributed by atoms with Crippen LogP contribution in [0.2, 0.25) is 18.1 Å². The molecule has 1 aromatic rings. The van der Waals surface area contributed by atoms with Gasteiger partial charge in [0.25, 0.3) is 0 Å². The van der Waals surface area contributed by atoms with Gasteiger partial charge in [-0.15, -0.1) is 0 Å². The summed E-state index contributed by atoms with van der Waals surface area (Å²) in [4.78, 5) is 12.6. The first-order valence-corrected chi connectivity index (χ1v) is 13.1. The van der Waals surface area contributed by atoms with Crippen LogP contribution in [0.5, 0.6) is 11.5 Å². The summed E-state index contributed by atoms with van der Waals surface area (Å²) in [6, 6.07) is 3.67. The normalized spacial score (nSPS) is 15.8. The van der Waals surface area contributed by atoms with Crippen LogP contribution >= 0.6 is 0 Å². The first-order valence-electron chi connectivity index (χ1n) is 10.2. The molecule has 0 unspecified atom stereocenters. The maximum absolute atomic E-state index is 12.6. The minimum absolute atomic E-state index is 0.163. The SMILES string of the molecule is CC(C)=CCc1cc(OCCO[Si](C)(C)C(C)(C)C)cc2c1C(=O)OC(C)(C)O2. The molecule has 0 aromatic heterocycles. The van der Waals surface area contributed by atoms with E-state index in [1.54, 1.807) is 19.9 Å². The summed E-state index contributed by atoms with van der Waals surface area (Å²) in [6.07, 6.45) is 2.69. The molecule has 0 spiro atoms. The summed E-state index contributed by atoms with van der Waals surface area (Å²) in [5.41, 5.74) is 2.49. The standard InChI is InChI=1S/C23H36O5Si/c1-16(2)10-11-17-14-18(25-12-13-26-29(8,9)22(3,4)5)15-19-20(17)21(24)28-23(6,7)27-19/h10,14-15H,11-13H2,1-9H3. The molecule has 1 aliphatic heterocycles. The van der Waals surface area contributed by atoms with Gasteiger partial charge < -0.3 is 18.6 Å². The van der Waals surface area contributed by atoms with Crippen LogP contribution in [0.3, 0.4) is 0 Å². The predicted octanol–water partition coefficient (Wildman–Crippen LogP) is 5.88. The second kappa shape index (κ2) is 8.52. The molecule has 0 saturated carbocycles. The fourth-order valence-corrected chi connectivity index (χ4v) is 3.78. The van der Waals surface area contributed by atoms with E-state index in [0.717, 1.165) is 5.56 Å². The Morgan fingerprint density at radius 1 is 1.14 bits per heavy atom. The van der Waals surface area contributed by atoms with E-state index in [2.05, 4.69) is 39.9 Å². The molecule has 0 radical (unpaired) electrons. The largest absolute Gasteiger partial charge is 0.491 e. The molecule has 0 saturated heterocycles. The highest BCUT2D eigenvalue weighted by Gasteiger charge is 2.37. The summed E-state index contributed by atoms with van der Waals surface area (Å²) in [7, 11) is -1.80. The molecular weight excluding hydrogens is 384 g/mol. The Labute approximate surface area is 176 Å². The van der Waals surface area contributed by atoms with Gasteiger partial charge in [0, 0.05) is 19.9 Å². The molecule has 29 heavy (non-hydrogen) atoms. The van der Waals surface area contributed by atoms with E-state index in [1.165, 1.54) is 5.57 Å². The van der Waals surface area contributed by atoms with E-state index in [-0.39, 0.29) is 11.0 Å². The Hall–Kier alpha value is -1.79. The van der Waals surface area contributed by atoms with Crippen LogP contribution < -0.4 is 9.47 Å². The molecule has 0 bridgehead atoms. The maximum Gasteiger partial charge on any atom is 0.345 e. The minimum atomic E-state index is -1.80. The van der Waals surface area contributed by atoms with Crippen molar-refractivity contribution in [3.05, 3.63) is 34.9 Å². The number of fused-ring (bicyclic) bond motifs is 1. The molecule has 0 N–H and O–H groups in total. The maximum atomic E-state index is 12.6. The van der Waals surface area contributed by atoms with Crippen LogP contribution in [0.4, 0.5) is 0 Å². The summed E-state index contributed by atoms with van der Waals surface area (Å²) in [5.74, 6) is -0.181. The van der Waals surface area contributed by atoms with Crippen LogP contribution in [0, 0.1) is 0 Å². The summed E-state index contributed by atoms with van der Waals surface area (Å²) in [6.45, 7) is 19.6. The van der Waals surface area contributed by atoms with Crippen molar-refractivity contribution in [2.24, 2.45) is 0 Å². The van der Waals surface area contributed by atoms with Gasteiger partial charge in [-0.2, -0.15) is 0 Å². The summed E-state index contributed by atoms with van der Waals surface area (Å²) in [5, 5.41) is 0.163. The number of ether oxygens (including phenoxy) is 3. The van der Waals surface area contributed by atoms with Gasteiger partial charge in [-0.3, -0.25) is 0 Å². The predicted molar refractivity (Wildman–Crippen MR) is 118 cm³/mol. The number of hydrogen-bond donors (Lipinski definition) is 0. The second-order valence-corrected chi connectivity index (χ2v) is 14.6. The molecule has 1 aliphatic rings. The molecule has 0 atom stereocenters. The molecular formula is C23H36O5Si. The van der Waals surface area contributed by atoms with Crippen molar-refractivity contribution in [2.45, 2.75) is 78.8 Å². The second-order valence-electron chi connectivity index (χ2n) is 9.79. The Balaban J connectivity index is 2.19. The number of cyclic esters (lactones) is 1. The fourth-order valence-electron chi connectivity index (χ4n) is 2.75. The smallest absolute Gasteiger partial charge is 0.345 e. The lowest BCUT2D eigenvalue weighted by molar-refractivity contribution is -0.127. The lowest BCUT2D eigenvalue weighted by atomic mass is 10.0. The van der Waals surface area contributed by atoms with Crippen molar-refractivity contribution in [3.63, 3.8) is 0 Å². The van der Waals surface area contributed by atoms with Gasteiger partial charge in [0.05, 0.1) is 6.61 Å². The minimum Gasteiger partial charge on any atom is -0.491 e. The highest BCUT2D eigenvalue weighted by atomic mass is 28.4. The third-order valence-corrected chi connectivity index (χ3v) is 9.95. The van der Waals surface area contributed by atoms with Crippen molar-refractivity contribution >= 4 is 14.3 Å². The zero-order valence-corrected chi connectivity index (χ0v) is 20.4. The van der Waals surface area contributed by atoms with Crippen molar-refractivity contribution < 1.29 is 23.4 Å². The van der Waals surface area contributed by atoms with Crippen LogP contribution in [-0.2, 0) is 15.6 Å². The molecule has 5 nitrogen and oxygen atoms in total. The van der Waals surface area contributed by atoms with Gasteiger partial charge in [-0.25, -0.2) is 4.79 Å². The van der Waals surface area contributed by atoms with E-state index in [9.17, 15) is 4.79 Å². The average molecular weight is 421 g/mol. The molecule has 2 rings (SSSR count). The lowest BCUT2D eigenvalue weighted by Gasteiger charge is -2.36. The Morgan fingerprint density at radius 2 is 1.79 bits per heavy atom. The van der Waals surface area contributed by atoms with Crippen molar-refractivity contribution in [3.8, 4) is 11.5 Å². The fraction of sp³-hybridized carbons (Fsp3) is 0.609. The number of allylic oxidation sites excluding steroid dienone is 2. The lowest BCUT2D eigenvalue weighted by Crippen LogP contribution is -2.41. The zero-order valence-electron chi connectivity index (χ0n) is 19.4. The van der Waals surface area contributed by atoms with Crippen LogP contribution in [-0.4, -0.2) is 33.3 Å². The van der Waals surface area contributed by atoms with Gasteiger partial charge in [0.2, 0.25) is 5.79 Å². The van der Waals surface area contributed by atoms with Gasteiger partial charge in [0.15, 0.2) is 8.32 Å². The van der Waals surface area contributed by atoms with E-state index in [1.807, 2.05) is 19.9 Å². The number of hydrogen-bond acceptors (Lipinski definition) is 5. The number of rotatable bonds is 7. The van der Waals surface area contributed by atoms with Crippen LogP contribution in [0.1, 0.15) is 64.4 Å². The summed E-state index contributed by atoms with van der Waals surface area (Å²) < 4.78 is 23.5. The number of carbonyl (C=O) groups excluding carboxylic acids is 1. The third-order valence-electron chi connectivity index (χ3n) is 5.41. The summed E-state index contributed by atoms with van der Waals surface area (Å²) >= 11 is 0. The van der Waals surface area contributed by atoms with Crippen molar-refractivity contribution in [1.82, 2.24) is 0 Å². The Kier molecular flexibility index (Phi) is 6.90. The Morgan fingerprint density at radius 3 is 2.38 bits per heavy atom. The highest BCUT2D eigenvalue weighted by molar-refractivity contribution is 6.74.